The fraction of sp³-hybridized carbons (Fsp3) is 0.500. The molecule has 9 heteroatoms. The standard InChI is InChI=1S/C10H13N5O4/c1-5-12-7(17)2-3-15(5)10-8(13-14-11)9(18)6(4-16)19-10/h2-3,6,8-10,16,18H,1,4H2,(H,12,17)/t6-,8+,9?,10-/m1/s1. The van der Waals surface area contributed by atoms with E-state index in [2.05, 4.69) is 21.9 Å². The van der Waals surface area contributed by atoms with E-state index >= 15 is 0 Å². The Morgan fingerprint density at radius 3 is 3.00 bits per heavy atom. The maximum atomic E-state index is 11.1. The normalized spacial score (nSPS) is 34.1. The minimum absolute atomic E-state index is 0.237. The van der Waals surface area contributed by atoms with E-state index in [0.29, 0.717) is 0 Å². The smallest absolute Gasteiger partial charge is 0.250 e. The van der Waals surface area contributed by atoms with Crippen LogP contribution in [-0.4, -0.2) is 52.1 Å². The monoisotopic (exact) mass is 267 g/mol. The van der Waals surface area contributed by atoms with Gasteiger partial charge in [0.15, 0.2) is 0 Å². The van der Waals surface area contributed by atoms with E-state index in [0.717, 1.165) is 0 Å². The van der Waals surface area contributed by atoms with Gasteiger partial charge in [0.1, 0.15) is 24.2 Å². The van der Waals surface area contributed by atoms with Crippen LogP contribution in [0.5, 0.6) is 0 Å². The first-order valence-electron chi connectivity index (χ1n) is 5.53. The average molecular weight is 267 g/mol. The summed E-state index contributed by atoms with van der Waals surface area (Å²) in [4.78, 5) is 15.2. The number of carbonyl (C=O) groups is 1. The third-order valence-electron chi connectivity index (χ3n) is 2.94. The molecule has 1 saturated heterocycles. The van der Waals surface area contributed by atoms with Gasteiger partial charge in [-0.2, -0.15) is 0 Å². The number of hydrogen-bond acceptors (Lipinski definition) is 6. The first kappa shape index (κ1) is 13.4. The van der Waals surface area contributed by atoms with E-state index in [-0.39, 0.29) is 11.7 Å². The molecule has 1 amide bonds. The lowest BCUT2D eigenvalue weighted by Crippen LogP contribution is -2.45. The molecule has 0 aromatic heterocycles. The van der Waals surface area contributed by atoms with Crippen LogP contribution in [0.2, 0.25) is 0 Å². The maximum Gasteiger partial charge on any atom is 0.250 e. The molecule has 0 saturated carbocycles. The molecule has 19 heavy (non-hydrogen) atoms. The number of aliphatic hydroxyl groups is 2. The van der Waals surface area contributed by atoms with Gasteiger partial charge in [0, 0.05) is 17.2 Å². The highest BCUT2D eigenvalue weighted by Gasteiger charge is 2.46. The predicted octanol–water partition coefficient (Wildman–Crippen LogP) is -0.840. The molecule has 0 aromatic carbocycles. The van der Waals surface area contributed by atoms with E-state index in [4.69, 9.17) is 15.4 Å². The molecule has 4 atom stereocenters. The lowest BCUT2D eigenvalue weighted by Gasteiger charge is -2.32. The zero-order chi connectivity index (χ0) is 14.0. The summed E-state index contributed by atoms with van der Waals surface area (Å²) in [6.45, 7) is 3.23. The van der Waals surface area contributed by atoms with Crippen LogP contribution in [0.3, 0.4) is 0 Å². The zero-order valence-corrected chi connectivity index (χ0v) is 9.88. The minimum atomic E-state index is -1.13. The lowest BCUT2D eigenvalue weighted by atomic mass is 10.1. The number of hydrogen-bond donors (Lipinski definition) is 3. The Labute approximate surface area is 108 Å². The summed E-state index contributed by atoms with van der Waals surface area (Å²) in [6.07, 6.45) is -0.168. The topological polar surface area (TPSA) is 131 Å². The Kier molecular flexibility index (Phi) is 3.72. The molecule has 1 fully saturated rings. The molecule has 3 N–H and O–H groups in total. The van der Waals surface area contributed by atoms with Crippen LogP contribution in [0.1, 0.15) is 0 Å². The van der Waals surface area contributed by atoms with Gasteiger partial charge in [-0.05, 0) is 5.53 Å². The summed E-state index contributed by atoms with van der Waals surface area (Å²) in [5.41, 5.74) is 8.53. The summed E-state index contributed by atoms with van der Waals surface area (Å²) >= 11 is 0. The first-order chi connectivity index (χ1) is 9.08. The van der Waals surface area contributed by atoms with Gasteiger partial charge in [-0.15, -0.1) is 0 Å². The van der Waals surface area contributed by atoms with Gasteiger partial charge in [0.05, 0.1) is 12.7 Å². The Bertz CT molecular complexity index is 473. The summed E-state index contributed by atoms with van der Waals surface area (Å²) in [7, 11) is 0. The van der Waals surface area contributed by atoms with E-state index < -0.39 is 31.1 Å². The molecule has 0 aromatic rings. The molecular formula is C10H13N5O4. The summed E-state index contributed by atoms with van der Waals surface area (Å²) in [5, 5.41) is 24.9. The fourth-order valence-corrected chi connectivity index (χ4v) is 2.02. The van der Waals surface area contributed by atoms with Crippen molar-refractivity contribution in [3.05, 3.63) is 35.1 Å². The number of aliphatic hydroxyl groups excluding tert-OH is 2. The summed E-state index contributed by atoms with van der Waals surface area (Å²) in [6, 6.07) is -0.918. The number of nitrogens with zero attached hydrogens (tertiary/aromatic N) is 4. The number of ether oxygens (including phenoxy) is 1. The molecule has 0 aliphatic carbocycles. The van der Waals surface area contributed by atoms with Gasteiger partial charge in [-0.1, -0.05) is 11.7 Å². The second-order valence-electron chi connectivity index (χ2n) is 4.09. The second-order valence-corrected chi connectivity index (χ2v) is 4.09. The zero-order valence-electron chi connectivity index (χ0n) is 9.88. The van der Waals surface area contributed by atoms with Crippen molar-refractivity contribution in [2.45, 2.75) is 24.5 Å². The van der Waals surface area contributed by atoms with Crippen LogP contribution in [0, 0.1) is 0 Å². The number of azide groups is 1. The third kappa shape index (κ3) is 2.40. The van der Waals surface area contributed by atoms with E-state index in [9.17, 15) is 9.90 Å². The number of rotatable bonds is 3. The van der Waals surface area contributed by atoms with Crippen molar-refractivity contribution in [2.75, 3.05) is 6.61 Å². The van der Waals surface area contributed by atoms with Crippen LogP contribution >= 0.6 is 0 Å². The number of nitrogens with one attached hydrogen (secondary N) is 1. The van der Waals surface area contributed by atoms with Crippen molar-refractivity contribution in [1.82, 2.24) is 10.2 Å². The average Bonchev–Trinajstić information content (AvgIpc) is 2.68. The molecule has 2 rings (SSSR count). The predicted molar refractivity (Wildman–Crippen MR) is 62.9 cm³/mol. The van der Waals surface area contributed by atoms with Crippen molar-refractivity contribution in [2.24, 2.45) is 5.11 Å². The van der Waals surface area contributed by atoms with Gasteiger partial charge >= 0.3 is 0 Å². The van der Waals surface area contributed by atoms with E-state index in [1.54, 1.807) is 0 Å². The second kappa shape index (κ2) is 5.29. The fourth-order valence-electron chi connectivity index (χ4n) is 2.02. The van der Waals surface area contributed by atoms with Crippen molar-refractivity contribution >= 4 is 5.91 Å². The lowest BCUT2D eigenvalue weighted by molar-refractivity contribution is -0.117. The molecule has 9 nitrogen and oxygen atoms in total. The highest BCUT2D eigenvalue weighted by Crippen LogP contribution is 2.29. The third-order valence-corrected chi connectivity index (χ3v) is 2.94. The van der Waals surface area contributed by atoms with Crippen molar-refractivity contribution in [3.63, 3.8) is 0 Å². The van der Waals surface area contributed by atoms with Gasteiger partial charge in [-0.3, -0.25) is 4.79 Å². The molecule has 0 radical (unpaired) electrons. The van der Waals surface area contributed by atoms with Crippen LogP contribution in [0.15, 0.2) is 29.8 Å². The SMILES string of the molecule is C=C1NC(=O)C=CN1[C@@H]1O[C@H](CO)C(O)[C@@H]1N=[N+]=[N-]. The van der Waals surface area contributed by atoms with Crippen molar-refractivity contribution in [1.29, 1.82) is 0 Å². The van der Waals surface area contributed by atoms with E-state index in [1.807, 2.05) is 0 Å². The van der Waals surface area contributed by atoms with Crippen LogP contribution in [0.25, 0.3) is 10.4 Å². The quantitative estimate of drug-likeness (QED) is 0.348. The largest absolute Gasteiger partial charge is 0.394 e. The summed E-state index contributed by atoms with van der Waals surface area (Å²) in [5.74, 6) is -0.0970. The number of carbonyl (C=O) groups excluding carboxylic acids is 1. The molecule has 2 aliphatic rings. The maximum absolute atomic E-state index is 11.1. The van der Waals surface area contributed by atoms with Gasteiger partial charge in [0.25, 0.3) is 5.91 Å². The molecule has 102 valence electrons. The van der Waals surface area contributed by atoms with Crippen LogP contribution in [0.4, 0.5) is 0 Å². The molecule has 1 unspecified atom stereocenters. The molecule has 0 spiro atoms. The molecule has 2 heterocycles. The Morgan fingerprint density at radius 2 is 2.42 bits per heavy atom. The summed E-state index contributed by atoms with van der Waals surface area (Å²) < 4.78 is 5.43. The highest BCUT2D eigenvalue weighted by molar-refractivity contribution is 5.89. The van der Waals surface area contributed by atoms with E-state index in [1.165, 1.54) is 17.2 Å². The molecular weight excluding hydrogens is 254 g/mol. The number of amides is 1. The van der Waals surface area contributed by atoms with Crippen LogP contribution < -0.4 is 5.32 Å². The highest BCUT2D eigenvalue weighted by atomic mass is 16.5. The molecule has 2 aliphatic heterocycles. The van der Waals surface area contributed by atoms with Crippen LogP contribution in [-0.2, 0) is 9.53 Å². The van der Waals surface area contributed by atoms with Crippen molar-refractivity contribution < 1.29 is 19.7 Å². The van der Waals surface area contributed by atoms with Crippen molar-refractivity contribution in [3.8, 4) is 0 Å². The minimum Gasteiger partial charge on any atom is -0.394 e. The first-order valence-corrected chi connectivity index (χ1v) is 5.53. The Hall–Kier alpha value is -2.06. The molecule has 0 bridgehead atoms. The Balaban J connectivity index is 2.27. The van der Waals surface area contributed by atoms with Gasteiger partial charge < -0.3 is 25.2 Å². The van der Waals surface area contributed by atoms with Gasteiger partial charge in [0.2, 0.25) is 0 Å². The van der Waals surface area contributed by atoms with Gasteiger partial charge in [-0.25, -0.2) is 0 Å². The Morgan fingerprint density at radius 1 is 1.68 bits per heavy atom.